The fraction of sp³-hybridized carbons (Fsp3) is 0.222. The first-order valence-corrected chi connectivity index (χ1v) is 8.11. The second kappa shape index (κ2) is 7.92. The lowest BCUT2D eigenvalue weighted by Crippen LogP contribution is -2.20. The van der Waals surface area contributed by atoms with Gasteiger partial charge in [-0.25, -0.2) is 0 Å². The molecule has 2 aromatic rings. The van der Waals surface area contributed by atoms with E-state index < -0.39 is 0 Å². The molecule has 0 heterocycles. The number of anilines is 1. The highest BCUT2D eigenvalue weighted by atomic mass is 79.9. The molecule has 120 valence electrons. The van der Waals surface area contributed by atoms with Gasteiger partial charge in [0.25, 0.3) is 5.91 Å². The smallest absolute Gasteiger partial charge is 0.262 e. The molecule has 0 aliphatic heterocycles. The molecule has 23 heavy (non-hydrogen) atoms. The van der Waals surface area contributed by atoms with E-state index >= 15 is 0 Å². The van der Waals surface area contributed by atoms with Crippen LogP contribution in [0.3, 0.4) is 0 Å². The lowest BCUT2D eigenvalue weighted by molar-refractivity contribution is -0.118. The summed E-state index contributed by atoms with van der Waals surface area (Å²) in [6.07, 6.45) is 0.936. The minimum absolute atomic E-state index is 0.0442. The number of rotatable bonds is 6. The third kappa shape index (κ3) is 4.93. The van der Waals surface area contributed by atoms with Crippen molar-refractivity contribution in [2.45, 2.75) is 20.3 Å². The zero-order valence-electron chi connectivity index (χ0n) is 13.1. The maximum atomic E-state index is 12.0. The summed E-state index contributed by atoms with van der Waals surface area (Å²) in [5.41, 5.74) is 2.32. The van der Waals surface area contributed by atoms with E-state index in [2.05, 4.69) is 28.2 Å². The Morgan fingerprint density at radius 3 is 2.61 bits per heavy atom. The van der Waals surface area contributed by atoms with Crippen LogP contribution in [0.5, 0.6) is 5.75 Å². The van der Waals surface area contributed by atoms with E-state index in [1.165, 1.54) is 12.5 Å². The van der Waals surface area contributed by atoms with Crippen LogP contribution in [0.2, 0.25) is 0 Å². The van der Waals surface area contributed by atoms with Gasteiger partial charge in [-0.05, 0) is 59.1 Å². The SMILES string of the molecule is CCc1ccc(OCC(=O)Nc2cccc(C(C)=O)c2)c(Br)c1. The van der Waals surface area contributed by atoms with Crippen LogP contribution in [0.15, 0.2) is 46.9 Å². The summed E-state index contributed by atoms with van der Waals surface area (Å²) in [6.45, 7) is 3.46. The van der Waals surface area contributed by atoms with Crippen molar-refractivity contribution in [3.05, 3.63) is 58.1 Å². The number of benzene rings is 2. The first-order valence-electron chi connectivity index (χ1n) is 7.31. The number of amides is 1. The molecule has 0 saturated heterocycles. The first kappa shape index (κ1) is 17.2. The summed E-state index contributed by atoms with van der Waals surface area (Å²) in [4.78, 5) is 23.3. The van der Waals surface area contributed by atoms with Gasteiger partial charge in [-0.15, -0.1) is 0 Å². The molecular weight excluding hydrogens is 358 g/mol. The van der Waals surface area contributed by atoms with Crippen LogP contribution in [-0.4, -0.2) is 18.3 Å². The average Bonchev–Trinajstić information content (AvgIpc) is 2.53. The Balaban J connectivity index is 1.95. The van der Waals surface area contributed by atoms with Crippen molar-refractivity contribution in [1.82, 2.24) is 0 Å². The van der Waals surface area contributed by atoms with Gasteiger partial charge in [0.1, 0.15) is 5.75 Å². The normalized spacial score (nSPS) is 10.2. The van der Waals surface area contributed by atoms with Crippen molar-refractivity contribution in [1.29, 1.82) is 0 Å². The van der Waals surface area contributed by atoms with Gasteiger partial charge in [0.05, 0.1) is 4.47 Å². The van der Waals surface area contributed by atoms with Crippen molar-refractivity contribution in [2.24, 2.45) is 0 Å². The zero-order valence-corrected chi connectivity index (χ0v) is 14.6. The predicted octanol–water partition coefficient (Wildman–Crippen LogP) is 4.23. The fourth-order valence-corrected chi connectivity index (χ4v) is 2.58. The minimum Gasteiger partial charge on any atom is -0.483 e. The lowest BCUT2D eigenvalue weighted by Gasteiger charge is -2.10. The Morgan fingerprint density at radius 1 is 1.17 bits per heavy atom. The molecule has 0 fully saturated rings. The Bertz CT molecular complexity index is 728. The molecule has 5 heteroatoms. The summed E-state index contributed by atoms with van der Waals surface area (Å²) >= 11 is 3.44. The van der Waals surface area contributed by atoms with E-state index in [9.17, 15) is 9.59 Å². The molecule has 0 radical (unpaired) electrons. The van der Waals surface area contributed by atoms with Gasteiger partial charge in [0, 0.05) is 11.3 Å². The third-order valence-electron chi connectivity index (χ3n) is 3.32. The van der Waals surface area contributed by atoms with E-state index in [4.69, 9.17) is 4.74 Å². The number of halogens is 1. The van der Waals surface area contributed by atoms with Crippen LogP contribution >= 0.6 is 15.9 Å². The summed E-state index contributed by atoms with van der Waals surface area (Å²) in [7, 11) is 0. The van der Waals surface area contributed by atoms with Crippen LogP contribution in [0, 0.1) is 0 Å². The number of aryl methyl sites for hydroxylation is 1. The number of hydrogen-bond acceptors (Lipinski definition) is 3. The molecule has 0 atom stereocenters. The molecule has 0 saturated carbocycles. The minimum atomic E-state index is -0.280. The number of Topliss-reactive ketones (excluding diaryl/α,β-unsaturated/α-hetero) is 1. The van der Waals surface area contributed by atoms with Crippen molar-refractivity contribution in [3.8, 4) is 5.75 Å². The van der Waals surface area contributed by atoms with Crippen LogP contribution in [0.25, 0.3) is 0 Å². The highest BCUT2D eigenvalue weighted by Crippen LogP contribution is 2.26. The Morgan fingerprint density at radius 2 is 1.96 bits per heavy atom. The molecule has 1 amide bonds. The van der Waals surface area contributed by atoms with Crippen molar-refractivity contribution < 1.29 is 14.3 Å². The van der Waals surface area contributed by atoms with Crippen molar-refractivity contribution in [2.75, 3.05) is 11.9 Å². The Kier molecular flexibility index (Phi) is 5.93. The molecule has 0 bridgehead atoms. The molecule has 1 N–H and O–H groups in total. The number of nitrogens with one attached hydrogen (secondary N) is 1. The summed E-state index contributed by atoms with van der Waals surface area (Å²) in [5, 5.41) is 2.72. The van der Waals surface area contributed by atoms with Crippen LogP contribution in [-0.2, 0) is 11.2 Å². The quantitative estimate of drug-likeness (QED) is 0.768. The molecule has 0 spiro atoms. The van der Waals surface area contributed by atoms with Crippen LogP contribution in [0.1, 0.15) is 29.8 Å². The van der Waals surface area contributed by atoms with Gasteiger partial charge in [-0.1, -0.05) is 25.1 Å². The Hall–Kier alpha value is -2.14. The highest BCUT2D eigenvalue weighted by Gasteiger charge is 2.08. The molecular formula is C18H18BrNO3. The second-order valence-electron chi connectivity index (χ2n) is 5.09. The van der Waals surface area contributed by atoms with Crippen LogP contribution < -0.4 is 10.1 Å². The topological polar surface area (TPSA) is 55.4 Å². The summed E-state index contributed by atoms with van der Waals surface area (Å²) in [5.74, 6) is 0.296. The van der Waals surface area contributed by atoms with Crippen molar-refractivity contribution in [3.63, 3.8) is 0 Å². The van der Waals surface area contributed by atoms with Gasteiger partial charge in [0.2, 0.25) is 0 Å². The number of carbonyl (C=O) groups excluding carboxylic acids is 2. The molecule has 4 nitrogen and oxygen atoms in total. The lowest BCUT2D eigenvalue weighted by atomic mass is 10.1. The van der Waals surface area contributed by atoms with E-state index in [0.717, 1.165) is 10.9 Å². The van der Waals surface area contributed by atoms with E-state index in [1.54, 1.807) is 24.3 Å². The number of ketones is 1. The molecule has 0 aliphatic carbocycles. The number of ether oxygens (including phenoxy) is 1. The summed E-state index contributed by atoms with van der Waals surface area (Å²) < 4.78 is 6.34. The van der Waals surface area contributed by atoms with Gasteiger partial charge in [-0.3, -0.25) is 9.59 Å². The van der Waals surface area contributed by atoms with Crippen molar-refractivity contribution >= 4 is 33.3 Å². The molecule has 2 rings (SSSR count). The number of carbonyl (C=O) groups is 2. The first-order chi connectivity index (χ1) is 11.0. The molecule has 0 unspecified atom stereocenters. The Labute approximate surface area is 144 Å². The standard InChI is InChI=1S/C18H18BrNO3/c1-3-13-7-8-17(16(19)9-13)23-11-18(22)20-15-6-4-5-14(10-15)12(2)21/h4-10H,3,11H2,1-2H3,(H,20,22). The second-order valence-corrected chi connectivity index (χ2v) is 5.95. The van der Waals surface area contributed by atoms with Gasteiger partial charge in [-0.2, -0.15) is 0 Å². The van der Waals surface area contributed by atoms with E-state index in [-0.39, 0.29) is 18.3 Å². The van der Waals surface area contributed by atoms with Crippen LogP contribution in [0.4, 0.5) is 5.69 Å². The van der Waals surface area contributed by atoms with Gasteiger partial charge >= 0.3 is 0 Å². The molecule has 0 aliphatic rings. The highest BCUT2D eigenvalue weighted by molar-refractivity contribution is 9.10. The van der Waals surface area contributed by atoms with E-state index in [0.29, 0.717) is 17.0 Å². The summed E-state index contributed by atoms with van der Waals surface area (Å²) in [6, 6.07) is 12.6. The maximum Gasteiger partial charge on any atom is 0.262 e. The maximum absolute atomic E-state index is 12.0. The fourth-order valence-electron chi connectivity index (χ4n) is 2.04. The predicted molar refractivity (Wildman–Crippen MR) is 94.1 cm³/mol. The molecule has 0 aromatic heterocycles. The average molecular weight is 376 g/mol. The largest absolute Gasteiger partial charge is 0.483 e. The van der Waals surface area contributed by atoms with Gasteiger partial charge in [0.15, 0.2) is 12.4 Å². The third-order valence-corrected chi connectivity index (χ3v) is 3.94. The monoisotopic (exact) mass is 375 g/mol. The van der Waals surface area contributed by atoms with E-state index in [1.807, 2.05) is 18.2 Å². The number of hydrogen-bond donors (Lipinski definition) is 1. The van der Waals surface area contributed by atoms with Gasteiger partial charge < -0.3 is 10.1 Å². The zero-order chi connectivity index (χ0) is 16.8. The molecule has 2 aromatic carbocycles.